The van der Waals surface area contributed by atoms with Gasteiger partial charge in [0.2, 0.25) is 10.0 Å². The molecule has 0 heterocycles. The molecule has 0 bridgehead atoms. The van der Waals surface area contributed by atoms with E-state index < -0.39 is 39.9 Å². The van der Waals surface area contributed by atoms with Gasteiger partial charge >= 0.3 is 6.18 Å². The van der Waals surface area contributed by atoms with Crippen LogP contribution in [0, 0.1) is 17.7 Å². The fourth-order valence-corrected chi connectivity index (χ4v) is 2.56. The van der Waals surface area contributed by atoms with E-state index in [1.54, 1.807) is 4.72 Å². The number of benzene rings is 1. The summed E-state index contributed by atoms with van der Waals surface area (Å²) in [6.45, 7) is -0.884. The van der Waals surface area contributed by atoms with E-state index in [4.69, 9.17) is 5.73 Å². The third kappa shape index (κ3) is 5.71. The molecule has 1 aromatic carbocycles. The van der Waals surface area contributed by atoms with Crippen LogP contribution in [0.5, 0.6) is 0 Å². The maximum atomic E-state index is 13.1. The fourth-order valence-electron chi connectivity index (χ4n) is 1.39. The molecule has 1 aromatic rings. The van der Waals surface area contributed by atoms with Crippen molar-refractivity contribution < 1.29 is 26.0 Å². The Bertz CT molecular complexity index is 660. The molecule has 0 aliphatic rings. The maximum absolute atomic E-state index is 13.1. The monoisotopic (exact) mass is 324 g/mol. The molecule has 0 aliphatic heterocycles. The van der Waals surface area contributed by atoms with Crippen molar-refractivity contribution in [1.29, 1.82) is 0 Å². The lowest BCUT2D eigenvalue weighted by Gasteiger charge is -2.10. The minimum atomic E-state index is -4.48. The lowest BCUT2D eigenvalue weighted by atomic mass is 10.2. The molecule has 0 amide bonds. The first-order valence-corrected chi connectivity index (χ1v) is 7.19. The van der Waals surface area contributed by atoms with Gasteiger partial charge in [0.05, 0.1) is 17.9 Å². The molecule has 0 spiro atoms. The topological polar surface area (TPSA) is 72.2 Å². The van der Waals surface area contributed by atoms with Gasteiger partial charge in [-0.25, -0.2) is 17.5 Å². The Balaban J connectivity index is 3.02. The summed E-state index contributed by atoms with van der Waals surface area (Å²) in [5, 5.41) is 0. The first kappa shape index (κ1) is 17.4. The van der Waals surface area contributed by atoms with Gasteiger partial charge in [-0.05, 0) is 18.2 Å². The first-order chi connectivity index (χ1) is 9.65. The summed E-state index contributed by atoms with van der Waals surface area (Å²) >= 11 is 0. The highest BCUT2D eigenvalue weighted by molar-refractivity contribution is 7.89. The summed E-state index contributed by atoms with van der Waals surface area (Å²) in [6, 6.07) is 2.69. The summed E-state index contributed by atoms with van der Waals surface area (Å²) < 4.78 is 74.8. The predicted molar refractivity (Wildman–Crippen MR) is 68.2 cm³/mol. The minimum absolute atomic E-state index is 0.0719. The first-order valence-electron chi connectivity index (χ1n) is 5.70. The number of nitrogens with one attached hydrogen (secondary N) is 1. The van der Waals surface area contributed by atoms with Crippen molar-refractivity contribution >= 4 is 10.0 Å². The summed E-state index contributed by atoms with van der Waals surface area (Å²) in [5.74, 6) is 4.02. The van der Waals surface area contributed by atoms with Gasteiger partial charge in [0.1, 0.15) is 5.82 Å². The fraction of sp³-hybridized carbons (Fsp3) is 0.333. The predicted octanol–water partition coefficient (Wildman–Crippen LogP) is 1.37. The highest BCUT2D eigenvalue weighted by Crippen LogP contribution is 2.20. The number of hydrogen-bond donors (Lipinski definition) is 2. The van der Waals surface area contributed by atoms with Crippen molar-refractivity contribution in [3.05, 3.63) is 29.6 Å². The Labute approximate surface area is 119 Å². The Morgan fingerprint density at radius 2 is 1.95 bits per heavy atom. The molecule has 21 heavy (non-hydrogen) atoms. The highest BCUT2D eigenvalue weighted by atomic mass is 32.2. The van der Waals surface area contributed by atoms with E-state index in [2.05, 4.69) is 11.8 Å². The van der Waals surface area contributed by atoms with Crippen LogP contribution in [0.15, 0.2) is 23.1 Å². The van der Waals surface area contributed by atoms with Crippen LogP contribution in [0.3, 0.4) is 0 Å². The van der Waals surface area contributed by atoms with Gasteiger partial charge in [0.25, 0.3) is 0 Å². The number of rotatable bonds is 4. The molecule has 0 aromatic heterocycles. The maximum Gasteiger partial charge on any atom is 0.390 e. The second kappa shape index (κ2) is 6.89. The summed E-state index contributed by atoms with van der Waals surface area (Å²) in [5.41, 5.74) is 4.98. The average Bonchev–Trinajstić information content (AvgIpc) is 2.34. The lowest BCUT2D eigenvalue weighted by Crippen LogP contribution is -2.28. The second-order valence-electron chi connectivity index (χ2n) is 3.91. The standard InChI is InChI=1S/C12H12F4N2O2S/c13-10-3-4-11(9(8-10)2-1-6-17)21(19,20)18-7-5-12(14,15)16/h3-4,8,18H,5-7,17H2. The van der Waals surface area contributed by atoms with Gasteiger partial charge in [-0.3, -0.25) is 0 Å². The van der Waals surface area contributed by atoms with E-state index in [0.29, 0.717) is 0 Å². The molecule has 0 saturated heterocycles. The zero-order chi connectivity index (χ0) is 16.1. The zero-order valence-corrected chi connectivity index (χ0v) is 11.5. The van der Waals surface area contributed by atoms with Crippen LogP contribution >= 0.6 is 0 Å². The van der Waals surface area contributed by atoms with Crippen LogP contribution in [0.2, 0.25) is 0 Å². The van der Waals surface area contributed by atoms with E-state index in [-0.39, 0.29) is 12.1 Å². The Kier molecular flexibility index (Phi) is 5.71. The van der Waals surface area contributed by atoms with Crippen LogP contribution < -0.4 is 10.5 Å². The largest absolute Gasteiger partial charge is 0.390 e. The Morgan fingerprint density at radius 3 is 2.52 bits per heavy atom. The third-order valence-electron chi connectivity index (χ3n) is 2.26. The van der Waals surface area contributed by atoms with E-state index in [9.17, 15) is 26.0 Å². The molecule has 0 atom stereocenters. The van der Waals surface area contributed by atoms with E-state index in [1.165, 1.54) is 0 Å². The molecule has 116 valence electrons. The molecule has 0 saturated carbocycles. The van der Waals surface area contributed by atoms with Gasteiger partial charge in [0.15, 0.2) is 0 Å². The van der Waals surface area contributed by atoms with Crippen LogP contribution in [-0.4, -0.2) is 27.7 Å². The molecular formula is C12H12F4N2O2S. The summed E-state index contributed by atoms with van der Waals surface area (Å²) in [6.07, 6.45) is -5.79. The van der Waals surface area contributed by atoms with Crippen molar-refractivity contribution in [2.75, 3.05) is 13.1 Å². The lowest BCUT2D eigenvalue weighted by molar-refractivity contribution is -0.132. The van der Waals surface area contributed by atoms with E-state index >= 15 is 0 Å². The second-order valence-corrected chi connectivity index (χ2v) is 5.64. The van der Waals surface area contributed by atoms with Crippen LogP contribution in [-0.2, 0) is 10.0 Å². The number of halogens is 4. The molecule has 9 heteroatoms. The molecule has 0 aliphatic carbocycles. The van der Waals surface area contributed by atoms with Crippen LogP contribution in [0.1, 0.15) is 12.0 Å². The number of sulfonamides is 1. The number of hydrogen-bond acceptors (Lipinski definition) is 3. The van der Waals surface area contributed by atoms with Gasteiger partial charge in [-0.2, -0.15) is 13.2 Å². The third-order valence-corrected chi connectivity index (χ3v) is 3.78. The molecular weight excluding hydrogens is 312 g/mol. The van der Waals surface area contributed by atoms with Crippen molar-refractivity contribution in [2.45, 2.75) is 17.5 Å². The quantitative estimate of drug-likeness (QED) is 0.649. The van der Waals surface area contributed by atoms with Gasteiger partial charge in [0, 0.05) is 12.1 Å². The van der Waals surface area contributed by atoms with Crippen molar-refractivity contribution in [2.24, 2.45) is 5.73 Å². The number of nitrogens with two attached hydrogens (primary N) is 1. The minimum Gasteiger partial charge on any atom is -0.320 e. The zero-order valence-electron chi connectivity index (χ0n) is 10.7. The molecule has 1 rings (SSSR count). The van der Waals surface area contributed by atoms with Gasteiger partial charge < -0.3 is 5.73 Å². The molecule has 4 nitrogen and oxygen atoms in total. The van der Waals surface area contributed by atoms with Crippen molar-refractivity contribution in [3.63, 3.8) is 0 Å². The average molecular weight is 324 g/mol. The van der Waals surface area contributed by atoms with E-state index in [0.717, 1.165) is 18.2 Å². The highest BCUT2D eigenvalue weighted by Gasteiger charge is 2.28. The van der Waals surface area contributed by atoms with Crippen molar-refractivity contribution in [3.8, 4) is 11.8 Å². The molecule has 0 unspecified atom stereocenters. The SMILES string of the molecule is NCC#Cc1cc(F)ccc1S(=O)(=O)NCCC(F)(F)F. The van der Waals surface area contributed by atoms with Gasteiger partial charge in [-0.15, -0.1) is 0 Å². The summed E-state index contributed by atoms with van der Waals surface area (Å²) in [4.78, 5) is -0.396. The number of alkyl halides is 3. The van der Waals surface area contributed by atoms with Crippen LogP contribution in [0.4, 0.5) is 17.6 Å². The van der Waals surface area contributed by atoms with Crippen molar-refractivity contribution in [1.82, 2.24) is 4.72 Å². The smallest absolute Gasteiger partial charge is 0.320 e. The Morgan fingerprint density at radius 1 is 1.29 bits per heavy atom. The van der Waals surface area contributed by atoms with E-state index in [1.807, 2.05) is 0 Å². The normalized spacial score (nSPS) is 11.9. The van der Waals surface area contributed by atoms with Gasteiger partial charge in [-0.1, -0.05) is 11.8 Å². The molecule has 3 N–H and O–H groups in total. The Hall–Kier alpha value is -1.63. The van der Waals surface area contributed by atoms with Crippen LogP contribution in [0.25, 0.3) is 0 Å². The summed E-state index contributed by atoms with van der Waals surface area (Å²) in [7, 11) is -4.22. The molecule has 0 fully saturated rings. The molecule has 0 radical (unpaired) electrons.